The summed E-state index contributed by atoms with van der Waals surface area (Å²) in [6.45, 7) is 6.25. The molecule has 1 N–H and O–H groups in total. The number of thioether (sulfide) groups is 1. The maximum absolute atomic E-state index is 12.6. The number of hydrogen-bond donors (Lipinski definition) is 1. The van der Waals surface area contributed by atoms with Crippen LogP contribution in [-0.2, 0) is 38.4 Å². The molecule has 1 aliphatic rings. The molecule has 0 fully saturated rings. The molecule has 1 aromatic carbocycles. The number of thiophene rings is 1. The van der Waals surface area contributed by atoms with E-state index in [9.17, 15) is 19.2 Å². The summed E-state index contributed by atoms with van der Waals surface area (Å²) in [5.74, 6) is -1.51. The number of nitrogens with zero attached hydrogens (tertiary/aromatic N) is 2. The van der Waals surface area contributed by atoms with Crippen molar-refractivity contribution in [1.82, 2.24) is 4.57 Å². The number of fused-ring (bicyclic) bond motifs is 2. The predicted molar refractivity (Wildman–Crippen MR) is 150 cm³/mol. The summed E-state index contributed by atoms with van der Waals surface area (Å²) in [5, 5.41) is 3.31. The molecule has 2 aromatic heterocycles. The molecule has 1 aliphatic carbocycles. The Labute approximate surface area is 231 Å². The Balaban J connectivity index is 1.42. The van der Waals surface area contributed by atoms with Crippen molar-refractivity contribution in [3.05, 3.63) is 57.2 Å². The summed E-state index contributed by atoms with van der Waals surface area (Å²) >= 11 is 3.84. The highest BCUT2D eigenvalue weighted by atomic mass is 32.2. The first-order valence-electron chi connectivity index (χ1n) is 12.0. The molecule has 3 aromatic rings. The van der Waals surface area contributed by atoms with E-state index in [0.29, 0.717) is 27.5 Å². The normalized spacial score (nSPS) is 12.8. The first-order valence-corrected chi connectivity index (χ1v) is 14.7. The fourth-order valence-corrected chi connectivity index (χ4v) is 7.14. The quantitative estimate of drug-likeness (QED) is 0.285. The number of allylic oxidation sites excluding steroid dienone is 1. The minimum atomic E-state index is -0.452. The molecular formula is C26H27N3O6S3. The van der Waals surface area contributed by atoms with Crippen LogP contribution in [0.3, 0.4) is 0 Å². The van der Waals surface area contributed by atoms with E-state index < -0.39 is 11.9 Å². The maximum atomic E-state index is 12.6. The van der Waals surface area contributed by atoms with Crippen LogP contribution in [0.1, 0.15) is 44.5 Å². The molecule has 2 amide bonds. The van der Waals surface area contributed by atoms with Gasteiger partial charge in [0.1, 0.15) is 5.00 Å². The zero-order chi connectivity index (χ0) is 27.2. The third kappa shape index (κ3) is 6.08. The summed E-state index contributed by atoms with van der Waals surface area (Å²) in [4.78, 5) is 55.4. The Bertz CT molecular complexity index is 1480. The molecule has 0 aliphatic heterocycles. The molecule has 0 saturated heterocycles. The van der Waals surface area contributed by atoms with Crippen molar-refractivity contribution >= 4 is 73.4 Å². The minimum Gasteiger partial charge on any atom is -0.465 e. The Kier molecular flexibility index (Phi) is 9.18. The van der Waals surface area contributed by atoms with Crippen LogP contribution in [0.4, 0.5) is 5.00 Å². The monoisotopic (exact) mass is 573 g/mol. The molecule has 0 atom stereocenters. The van der Waals surface area contributed by atoms with Gasteiger partial charge in [-0.05, 0) is 49.9 Å². The zero-order valence-electron chi connectivity index (χ0n) is 21.0. The third-order valence-corrected chi connectivity index (χ3v) is 8.91. The Hall–Kier alpha value is -3.22. The minimum absolute atomic E-state index is 0.00856. The highest BCUT2D eigenvalue weighted by Gasteiger charge is 2.28. The molecule has 0 radical (unpaired) electrons. The van der Waals surface area contributed by atoms with Crippen LogP contribution in [0.2, 0.25) is 0 Å². The van der Waals surface area contributed by atoms with Gasteiger partial charge in [0.25, 0.3) is 5.91 Å². The number of methoxy groups -OCH3 is 1. The van der Waals surface area contributed by atoms with Crippen LogP contribution in [0.25, 0.3) is 10.2 Å². The van der Waals surface area contributed by atoms with Gasteiger partial charge in [0.15, 0.2) is 4.80 Å². The number of thiazole rings is 1. The molecular weight excluding hydrogens is 547 g/mol. The van der Waals surface area contributed by atoms with E-state index >= 15 is 0 Å². The van der Waals surface area contributed by atoms with E-state index in [1.54, 1.807) is 31.2 Å². The maximum Gasteiger partial charge on any atom is 0.341 e. The molecule has 200 valence electrons. The van der Waals surface area contributed by atoms with Crippen molar-refractivity contribution < 1.29 is 28.7 Å². The number of hydrogen-bond acceptors (Lipinski definition) is 9. The lowest BCUT2D eigenvalue weighted by molar-refractivity contribution is -0.115. The lowest BCUT2D eigenvalue weighted by Crippen LogP contribution is -2.19. The molecule has 0 bridgehead atoms. The number of carbonyl (C=O) groups is 4. The van der Waals surface area contributed by atoms with Crippen molar-refractivity contribution in [2.75, 3.05) is 30.5 Å². The van der Waals surface area contributed by atoms with Gasteiger partial charge in [-0.1, -0.05) is 17.4 Å². The number of anilines is 1. The summed E-state index contributed by atoms with van der Waals surface area (Å²) < 4.78 is 12.6. The number of amides is 2. The van der Waals surface area contributed by atoms with E-state index in [1.165, 1.54) is 29.8 Å². The fourth-order valence-electron chi connectivity index (χ4n) is 4.15. The van der Waals surface area contributed by atoms with Gasteiger partial charge < -0.3 is 19.4 Å². The van der Waals surface area contributed by atoms with Gasteiger partial charge >= 0.3 is 11.9 Å². The summed E-state index contributed by atoms with van der Waals surface area (Å²) in [5.41, 5.74) is 2.66. The van der Waals surface area contributed by atoms with Crippen LogP contribution < -0.4 is 10.1 Å². The summed E-state index contributed by atoms with van der Waals surface area (Å²) in [6.07, 6.45) is 4.38. The average molecular weight is 574 g/mol. The van der Waals surface area contributed by atoms with Crippen LogP contribution >= 0.6 is 34.4 Å². The van der Waals surface area contributed by atoms with Gasteiger partial charge in [-0.2, -0.15) is 4.99 Å². The zero-order valence-corrected chi connectivity index (χ0v) is 23.5. The second kappa shape index (κ2) is 12.5. The number of rotatable bonds is 10. The van der Waals surface area contributed by atoms with Gasteiger partial charge in [-0.15, -0.1) is 29.7 Å². The number of nitrogens with one attached hydrogen (secondary N) is 1. The topological polar surface area (TPSA) is 116 Å². The van der Waals surface area contributed by atoms with Gasteiger partial charge in [-0.25, -0.2) is 9.59 Å². The van der Waals surface area contributed by atoms with Crippen molar-refractivity contribution in [2.45, 2.75) is 32.7 Å². The molecule has 2 heterocycles. The van der Waals surface area contributed by atoms with E-state index in [4.69, 9.17) is 9.47 Å². The predicted octanol–water partition coefficient (Wildman–Crippen LogP) is 4.20. The lowest BCUT2D eigenvalue weighted by Gasteiger charge is -2.06. The molecule has 12 heteroatoms. The third-order valence-electron chi connectivity index (χ3n) is 5.75. The van der Waals surface area contributed by atoms with Crippen LogP contribution in [0, 0.1) is 0 Å². The fraction of sp³-hybridized carbons (Fsp3) is 0.346. The molecule has 4 rings (SSSR count). The molecule has 38 heavy (non-hydrogen) atoms. The number of esters is 2. The number of ether oxygens (including phenoxy) is 2. The van der Waals surface area contributed by atoms with Gasteiger partial charge in [-0.3, -0.25) is 9.59 Å². The largest absolute Gasteiger partial charge is 0.465 e. The first kappa shape index (κ1) is 27.8. The van der Waals surface area contributed by atoms with Crippen molar-refractivity contribution in [1.29, 1.82) is 0 Å². The number of aryl methyl sites for hydroxylation is 1. The van der Waals surface area contributed by atoms with Crippen LogP contribution in [0.15, 0.2) is 35.8 Å². The van der Waals surface area contributed by atoms with Crippen LogP contribution in [0.5, 0.6) is 0 Å². The van der Waals surface area contributed by atoms with Gasteiger partial charge in [0.2, 0.25) is 5.91 Å². The SMILES string of the molecule is C=CCn1c(=NC(=O)CSCC(=O)Nc2sc3c(c2C(=O)OC)CCC3)sc2cc(C(=O)OCC)ccc21. The molecule has 9 nitrogen and oxygen atoms in total. The number of aromatic nitrogens is 1. The van der Waals surface area contributed by atoms with Gasteiger partial charge in [0.05, 0.1) is 46.6 Å². The first-order chi connectivity index (χ1) is 18.4. The van der Waals surface area contributed by atoms with Crippen molar-refractivity contribution in [2.24, 2.45) is 4.99 Å². The molecule has 0 spiro atoms. The summed E-state index contributed by atoms with van der Waals surface area (Å²) in [7, 11) is 1.33. The van der Waals surface area contributed by atoms with E-state index in [0.717, 1.165) is 51.7 Å². The number of benzene rings is 1. The second-order valence-electron chi connectivity index (χ2n) is 8.29. The summed E-state index contributed by atoms with van der Waals surface area (Å²) in [6, 6.07) is 5.21. The lowest BCUT2D eigenvalue weighted by atomic mass is 10.1. The van der Waals surface area contributed by atoms with E-state index in [2.05, 4.69) is 16.9 Å². The highest BCUT2D eigenvalue weighted by Crippen LogP contribution is 2.39. The molecule has 0 saturated carbocycles. The molecule has 0 unspecified atom stereocenters. The Morgan fingerprint density at radius 1 is 1.18 bits per heavy atom. The highest BCUT2D eigenvalue weighted by molar-refractivity contribution is 8.00. The van der Waals surface area contributed by atoms with Gasteiger partial charge in [0, 0.05) is 11.4 Å². The standard InChI is InChI=1S/C26H27N3O6S3/c1-4-11-29-17-10-9-15(24(32)35-5-2)12-19(17)38-26(29)28-21(31)14-36-13-20(30)27-23-22(25(33)34-3)16-7-6-8-18(16)37-23/h4,9-10,12H,1,5-8,11,13-14H2,2-3H3,(H,27,30). The van der Waals surface area contributed by atoms with E-state index in [-0.39, 0.29) is 29.9 Å². The van der Waals surface area contributed by atoms with Crippen molar-refractivity contribution in [3.63, 3.8) is 0 Å². The second-order valence-corrected chi connectivity index (χ2v) is 11.4. The Morgan fingerprint density at radius 3 is 2.74 bits per heavy atom. The number of carbonyl (C=O) groups excluding carboxylic acids is 4. The Morgan fingerprint density at radius 2 is 2.00 bits per heavy atom. The van der Waals surface area contributed by atoms with E-state index in [1.807, 2.05) is 4.57 Å². The smallest absolute Gasteiger partial charge is 0.341 e. The average Bonchev–Trinajstić information content (AvgIpc) is 3.57. The van der Waals surface area contributed by atoms with Crippen molar-refractivity contribution in [3.8, 4) is 0 Å². The van der Waals surface area contributed by atoms with Crippen LogP contribution in [-0.4, -0.2) is 53.5 Å².